The van der Waals surface area contributed by atoms with Crippen molar-refractivity contribution in [1.82, 2.24) is 4.98 Å². The number of rotatable bonds is 8. The van der Waals surface area contributed by atoms with Gasteiger partial charge in [-0.15, -0.1) is 11.3 Å². The van der Waals surface area contributed by atoms with E-state index in [4.69, 9.17) is 5.11 Å². The first kappa shape index (κ1) is 21.9. The van der Waals surface area contributed by atoms with Crippen molar-refractivity contribution in [2.45, 2.75) is 63.1 Å². The van der Waals surface area contributed by atoms with Crippen molar-refractivity contribution < 1.29 is 20.1 Å². The third-order valence-electron chi connectivity index (χ3n) is 7.01. The Morgan fingerprint density at radius 3 is 2.61 bits per heavy atom. The smallest absolute Gasteiger partial charge is 0.347 e. The number of hydrogen-bond donors (Lipinski definition) is 3. The summed E-state index contributed by atoms with van der Waals surface area (Å²) in [4.78, 5) is 15.5. The number of hydrogen-bond acceptors (Lipinski definition) is 6. The largest absolute Gasteiger partial charge is 0.477 e. The summed E-state index contributed by atoms with van der Waals surface area (Å²) in [6.07, 6.45) is 6.44. The number of nitriles is 1. The molecular weight excluding hydrogens is 412 g/mol. The van der Waals surface area contributed by atoms with E-state index in [0.717, 1.165) is 41.8 Å². The molecular formula is C24H28N2O4S. The van der Waals surface area contributed by atoms with Gasteiger partial charge in [0.1, 0.15) is 4.88 Å². The quantitative estimate of drug-likeness (QED) is 0.564. The third-order valence-corrected chi connectivity index (χ3v) is 8.05. The van der Waals surface area contributed by atoms with Crippen LogP contribution in [0.5, 0.6) is 0 Å². The Labute approximate surface area is 186 Å². The van der Waals surface area contributed by atoms with Crippen LogP contribution in [0.1, 0.15) is 76.4 Å². The number of carboxylic acids is 1. The molecule has 1 aromatic carbocycles. The Morgan fingerprint density at radius 1 is 1.29 bits per heavy atom. The molecule has 5 atom stereocenters. The van der Waals surface area contributed by atoms with Crippen LogP contribution in [-0.4, -0.2) is 32.4 Å². The van der Waals surface area contributed by atoms with Gasteiger partial charge in [0.05, 0.1) is 35.4 Å². The van der Waals surface area contributed by atoms with Crippen molar-refractivity contribution in [3.05, 3.63) is 51.5 Å². The first-order chi connectivity index (χ1) is 15.0. The lowest BCUT2D eigenvalue weighted by molar-refractivity contribution is 0.0620. The number of aliphatic hydroxyl groups excluding tert-OH is 2. The van der Waals surface area contributed by atoms with Gasteiger partial charge in [-0.1, -0.05) is 30.7 Å². The molecule has 31 heavy (non-hydrogen) atoms. The summed E-state index contributed by atoms with van der Waals surface area (Å²) in [6.45, 7) is 0. The summed E-state index contributed by atoms with van der Waals surface area (Å²) >= 11 is 1.19. The van der Waals surface area contributed by atoms with Crippen LogP contribution in [0.15, 0.2) is 30.5 Å². The molecule has 3 unspecified atom stereocenters. The molecule has 2 aliphatic rings. The van der Waals surface area contributed by atoms with Gasteiger partial charge in [-0.05, 0) is 61.5 Å². The van der Waals surface area contributed by atoms with E-state index >= 15 is 0 Å². The molecule has 1 heterocycles. The van der Waals surface area contributed by atoms with Crippen molar-refractivity contribution in [2.24, 2.45) is 17.8 Å². The third kappa shape index (κ3) is 4.67. The van der Waals surface area contributed by atoms with E-state index in [1.54, 1.807) is 0 Å². The van der Waals surface area contributed by atoms with Crippen molar-refractivity contribution >= 4 is 17.3 Å². The molecule has 6 nitrogen and oxygen atoms in total. The number of carbonyl (C=O) groups is 1. The second-order valence-corrected chi connectivity index (χ2v) is 9.96. The van der Waals surface area contributed by atoms with Crippen LogP contribution in [0.3, 0.4) is 0 Å². The molecule has 2 fully saturated rings. The monoisotopic (exact) mass is 440 g/mol. The molecule has 0 saturated heterocycles. The standard InChI is InChI=1S/C24H28N2O4S/c25-12-17-11-19(27)22(14-7-9-16(10-8-14)23(28)15-3-1-4-15)18(17)5-2-6-21-26-13-20(31-21)24(29)30/h7-10,13,15,17-19,22-23,27-28H,1-6,11H2,(H,29,30)/t17-,18?,19+,22?,23?/m0/s1. The van der Waals surface area contributed by atoms with Gasteiger partial charge in [0.25, 0.3) is 0 Å². The van der Waals surface area contributed by atoms with Crippen molar-refractivity contribution in [3.63, 3.8) is 0 Å². The van der Waals surface area contributed by atoms with Gasteiger partial charge < -0.3 is 15.3 Å². The predicted octanol–water partition coefficient (Wildman–Crippen LogP) is 4.30. The fraction of sp³-hybridized carbons (Fsp3) is 0.542. The van der Waals surface area contributed by atoms with Crippen LogP contribution in [0.2, 0.25) is 0 Å². The lowest BCUT2D eigenvalue weighted by Crippen LogP contribution is -2.21. The molecule has 0 radical (unpaired) electrons. The molecule has 3 N–H and O–H groups in total. The van der Waals surface area contributed by atoms with Crippen LogP contribution >= 0.6 is 11.3 Å². The fourth-order valence-corrected chi connectivity index (χ4v) is 5.87. The van der Waals surface area contributed by atoms with E-state index < -0.39 is 18.2 Å². The summed E-state index contributed by atoms with van der Waals surface area (Å²) in [5, 5.41) is 40.7. The van der Waals surface area contributed by atoms with Crippen molar-refractivity contribution in [1.29, 1.82) is 5.26 Å². The molecule has 164 valence electrons. The highest BCUT2D eigenvalue weighted by Crippen LogP contribution is 2.46. The molecule has 0 spiro atoms. The Morgan fingerprint density at radius 2 is 2.03 bits per heavy atom. The predicted molar refractivity (Wildman–Crippen MR) is 117 cm³/mol. The van der Waals surface area contributed by atoms with Gasteiger partial charge in [0.2, 0.25) is 0 Å². The van der Waals surface area contributed by atoms with Gasteiger partial charge in [-0.3, -0.25) is 0 Å². The van der Waals surface area contributed by atoms with Gasteiger partial charge in [0.15, 0.2) is 0 Å². The first-order valence-corrected chi connectivity index (χ1v) is 11.8. The molecule has 0 amide bonds. The molecule has 1 aromatic heterocycles. The van der Waals surface area contributed by atoms with Gasteiger partial charge in [-0.2, -0.15) is 5.26 Å². The molecule has 4 rings (SSSR count). The van der Waals surface area contributed by atoms with E-state index in [2.05, 4.69) is 11.1 Å². The zero-order valence-corrected chi connectivity index (χ0v) is 18.2. The maximum Gasteiger partial charge on any atom is 0.347 e. The highest BCUT2D eigenvalue weighted by molar-refractivity contribution is 7.13. The summed E-state index contributed by atoms with van der Waals surface area (Å²) in [7, 11) is 0. The SMILES string of the molecule is N#C[C@@H]1C[C@@H](O)C(c2ccc(C(O)C3CCC3)cc2)C1CCCc1ncc(C(=O)O)s1. The molecule has 2 saturated carbocycles. The summed E-state index contributed by atoms with van der Waals surface area (Å²) < 4.78 is 0. The first-order valence-electron chi connectivity index (χ1n) is 11.0. The molecule has 2 aliphatic carbocycles. The van der Waals surface area contributed by atoms with E-state index in [-0.39, 0.29) is 22.6 Å². The Balaban J connectivity index is 1.43. The molecule has 0 aliphatic heterocycles. The number of aliphatic hydroxyl groups is 2. The fourth-order valence-electron chi connectivity index (χ4n) is 5.07. The number of thiazole rings is 1. The van der Waals surface area contributed by atoms with E-state index in [1.807, 2.05) is 24.3 Å². The number of aromatic nitrogens is 1. The molecule has 2 aromatic rings. The molecule has 0 bridgehead atoms. The van der Waals surface area contributed by atoms with Crippen LogP contribution in [-0.2, 0) is 6.42 Å². The lowest BCUT2D eigenvalue weighted by atomic mass is 9.78. The zero-order valence-electron chi connectivity index (χ0n) is 17.4. The Bertz CT molecular complexity index is 947. The second kappa shape index (κ2) is 9.47. The van der Waals surface area contributed by atoms with E-state index in [1.165, 1.54) is 24.0 Å². The minimum atomic E-state index is -0.960. The van der Waals surface area contributed by atoms with Crippen LogP contribution in [0.25, 0.3) is 0 Å². The van der Waals surface area contributed by atoms with Gasteiger partial charge in [0, 0.05) is 5.92 Å². The Hall–Kier alpha value is -2.27. The summed E-state index contributed by atoms with van der Waals surface area (Å²) in [5.74, 6) is -0.873. The number of carboxylic acid groups (broad SMARTS) is 1. The van der Waals surface area contributed by atoms with Crippen LogP contribution in [0.4, 0.5) is 0 Å². The van der Waals surface area contributed by atoms with Crippen molar-refractivity contribution in [3.8, 4) is 6.07 Å². The lowest BCUT2D eigenvalue weighted by Gasteiger charge is -2.31. The average molecular weight is 441 g/mol. The number of aryl methyl sites for hydroxylation is 1. The van der Waals surface area contributed by atoms with Gasteiger partial charge >= 0.3 is 5.97 Å². The second-order valence-electron chi connectivity index (χ2n) is 8.85. The number of nitrogens with zero attached hydrogens (tertiary/aromatic N) is 2. The topological polar surface area (TPSA) is 114 Å². The van der Waals surface area contributed by atoms with Crippen LogP contribution < -0.4 is 0 Å². The van der Waals surface area contributed by atoms with Gasteiger partial charge in [-0.25, -0.2) is 9.78 Å². The Kier molecular flexibility index (Phi) is 6.71. The van der Waals surface area contributed by atoms with Crippen LogP contribution in [0, 0.1) is 29.1 Å². The van der Waals surface area contributed by atoms with Crippen molar-refractivity contribution in [2.75, 3.05) is 0 Å². The highest BCUT2D eigenvalue weighted by atomic mass is 32.1. The zero-order chi connectivity index (χ0) is 22.0. The average Bonchev–Trinajstić information content (AvgIpc) is 3.31. The molecule has 7 heteroatoms. The normalized spacial score (nSPS) is 26.9. The van der Waals surface area contributed by atoms with E-state index in [0.29, 0.717) is 18.8 Å². The minimum Gasteiger partial charge on any atom is -0.477 e. The maximum atomic E-state index is 11.0. The summed E-state index contributed by atoms with van der Waals surface area (Å²) in [5.41, 5.74) is 1.94. The maximum absolute atomic E-state index is 11.0. The minimum absolute atomic E-state index is 0.0429. The number of aromatic carboxylic acids is 1. The number of benzene rings is 1. The summed E-state index contributed by atoms with van der Waals surface area (Å²) in [6, 6.07) is 10.3. The van der Waals surface area contributed by atoms with E-state index in [9.17, 15) is 20.3 Å². The highest BCUT2D eigenvalue weighted by Gasteiger charge is 2.43.